The molecular formula is C25H31NO5. The van der Waals surface area contributed by atoms with Gasteiger partial charge in [0.25, 0.3) is 5.91 Å². The summed E-state index contributed by atoms with van der Waals surface area (Å²) in [5.41, 5.74) is 3.23. The first kappa shape index (κ1) is 24.1. The van der Waals surface area contributed by atoms with Crippen LogP contribution in [0.1, 0.15) is 60.5 Å². The average Bonchev–Trinajstić information content (AvgIpc) is 2.73. The second kappa shape index (κ2) is 12.5. The van der Waals surface area contributed by atoms with Gasteiger partial charge in [0, 0.05) is 17.7 Å². The van der Waals surface area contributed by atoms with E-state index in [9.17, 15) is 14.4 Å². The van der Waals surface area contributed by atoms with Crippen LogP contribution in [0.2, 0.25) is 0 Å². The highest BCUT2D eigenvalue weighted by Crippen LogP contribution is 2.15. The van der Waals surface area contributed by atoms with Crippen molar-refractivity contribution in [3.05, 3.63) is 59.2 Å². The molecule has 0 atom stereocenters. The van der Waals surface area contributed by atoms with Crippen LogP contribution in [0.4, 0.5) is 5.69 Å². The Morgan fingerprint density at radius 3 is 2.23 bits per heavy atom. The first-order valence-corrected chi connectivity index (χ1v) is 10.7. The molecule has 6 heteroatoms. The Kier molecular flexibility index (Phi) is 9.75. The molecule has 1 amide bonds. The number of carbonyl (C=O) groups excluding carboxylic acids is 3. The minimum atomic E-state index is -0.584. The van der Waals surface area contributed by atoms with Crippen LogP contribution in [-0.2, 0) is 14.3 Å². The van der Waals surface area contributed by atoms with E-state index in [0.29, 0.717) is 17.9 Å². The van der Waals surface area contributed by atoms with Crippen LogP contribution in [0.15, 0.2) is 42.5 Å². The summed E-state index contributed by atoms with van der Waals surface area (Å²) in [4.78, 5) is 36.1. The zero-order chi connectivity index (χ0) is 22.6. The van der Waals surface area contributed by atoms with E-state index < -0.39 is 11.9 Å². The van der Waals surface area contributed by atoms with Crippen molar-refractivity contribution in [3.63, 3.8) is 0 Å². The fourth-order valence-electron chi connectivity index (χ4n) is 3.10. The molecule has 31 heavy (non-hydrogen) atoms. The third-order valence-corrected chi connectivity index (χ3v) is 4.62. The number of nitrogens with one attached hydrogen (secondary N) is 1. The normalized spacial score (nSPS) is 10.4. The van der Waals surface area contributed by atoms with Crippen molar-refractivity contribution >= 4 is 23.3 Å². The molecule has 2 rings (SSSR count). The van der Waals surface area contributed by atoms with Crippen LogP contribution in [0.3, 0.4) is 0 Å². The van der Waals surface area contributed by atoms with Crippen molar-refractivity contribution in [1.82, 2.24) is 0 Å². The molecule has 0 spiro atoms. The highest BCUT2D eigenvalue weighted by molar-refractivity contribution is 5.98. The van der Waals surface area contributed by atoms with E-state index in [1.807, 2.05) is 32.0 Å². The van der Waals surface area contributed by atoms with Crippen LogP contribution in [0, 0.1) is 13.8 Å². The average molecular weight is 426 g/mol. The third-order valence-electron chi connectivity index (χ3n) is 4.62. The maximum absolute atomic E-state index is 12.3. The second-order valence-electron chi connectivity index (χ2n) is 7.59. The molecule has 0 aliphatic carbocycles. The van der Waals surface area contributed by atoms with E-state index in [0.717, 1.165) is 36.1 Å². The molecule has 0 heterocycles. The number of hydrogen-bond donors (Lipinski definition) is 1. The van der Waals surface area contributed by atoms with Gasteiger partial charge >= 0.3 is 5.97 Å². The summed E-state index contributed by atoms with van der Waals surface area (Å²) in [6, 6.07) is 12.6. The largest absolute Gasteiger partial charge is 0.494 e. The fourth-order valence-corrected chi connectivity index (χ4v) is 3.10. The Morgan fingerprint density at radius 1 is 0.903 bits per heavy atom. The van der Waals surface area contributed by atoms with Crippen LogP contribution >= 0.6 is 0 Å². The number of ketones is 1. The molecule has 0 radical (unpaired) electrons. The number of unbranched alkanes of at least 4 members (excludes halogenated alkanes) is 2. The van der Waals surface area contributed by atoms with E-state index in [-0.39, 0.29) is 25.2 Å². The second-order valence-corrected chi connectivity index (χ2v) is 7.59. The fraction of sp³-hybridized carbons (Fsp3) is 0.400. The monoisotopic (exact) mass is 425 g/mol. The molecule has 2 aromatic carbocycles. The first-order valence-electron chi connectivity index (χ1n) is 10.7. The summed E-state index contributed by atoms with van der Waals surface area (Å²) >= 11 is 0. The Balaban J connectivity index is 1.70. The van der Waals surface area contributed by atoms with E-state index in [2.05, 4.69) is 12.2 Å². The van der Waals surface area contributed by atoms with Gasteiger partial charge in [-0.3, -0.25) is 14.4 Å². The number of ether oxygens (including phenoxy) is 2. The van der Waals surface area contributed by atoms with Crippen LogP contribution < -0.4 is 10.1 Å². The van der Waals surface area contributed by atoms with E-state index in [1.165, 1.54) is 0 Å². The van der Waals surface area contributed by atoms with Gasteiger partial charge in [0.2, 0.25) is 0 Å². The standard InChI is InChI=1S/C25H31NO5/c1-4-5-6-13-30-22-9-7-20(8-10-22)23(27)11-12-25(29)31-17-24(28)26-21-15-18(2)14-19(3)16-21/h7-10,14-16H,4-6,11-13,17H2,1-3H3,(H,26,28). The molecule has 0 saturated heterocycles. The zero-order valence-corrected chi connectivity index (χ0v) is 18.5. The highest BCUT2D eigenvalue weighted by atomic mass is 16.5. The van der Waals surface area contributed by atoms with E-state index in [4.69, 9.17) is 9.47 Å². The number of Topliss-reactive ketones (excluding diaryl/α,β-unsaturated/α-hetero) is 1. The molecule has 0 bridgehead atoms. The summed E-state index contributed by atoms with van der Waals surface area (Å²) in [6.45, 7) is 6.28. The smallest absolute Gasteiger partial charge is 0.306 e. The number of esters is 1. The van der Waals surface area contributed by atoms with Crippen molar-refractivity contribution in [1.29, 1.82) is 0 Å². The summed E-state index contributed by atoms with van der Waals surface area (Å²) in [6.07, 6.45) is 3.21. The zero-order valence-electron chi connectivity index (χ0n) is 18.5. The van der Waals surface area contributed by atoms with Gasteiger partial charge in [-0.2, -0.15) is 0 Å². The minimum Gasteiger partial charge on any atom is -0.494 e. The van der Waals surface area contributed by atoms with Crippen molar-refractivity contribution in [2.45, 2.75) is 52.9 Å². The summed E-state index contributed by atoms with van der Waals surface area (Å²) in [7, 11) is 0. The Morgan fingerprint density at radius 2 is 1.58 bits per heavy atom. The van der Waals surface area contributed by atoms with Gasteiger partial charge in [-0.05, 0) is 67.8 Å². The highest BCUT2D eigenvalue weighted by Gasteiger charge is 2.12. The number of rotatable bonds is 12. The lowest BCUT2D eigenvalue weighted by Gasteiger charge is -2.08. The number of benzene rings is 2. The van der Waals surface area contributed by atoms with Gasteiger partial charge in [-0.25, -0.2) is 0 Å². The molecular weight excluding hydrogens is 394 g/mol. The molecule has 1 N–H and O–H groups in total. The topological polar surface area (TPSA) is 81.7 Å². The van der Waals surface area contributed by atoms with Gasteiger partial charge in [0.05, 0.1) is 13.0 Å². The summed E-state index contributed by atoms with van der Waals surface area (Å²) in [5.74, 6) is -0.435. The van der Waals surface area contributed by atoms with Crippen LogP contribution in [-0.4, -0.2) is 30.9 Å². The molecule has 0 aliphatic heterocycles. The Hall–Kier alpha value is -3.15. The summed E-state index contributed by atoms with van der Waals surface area (Å²) < 4.78 is 10.6. The van der Waals surface area contributed by atoms with Gasteiger partial charge < -0.3 is 14.8 Å². The molecule has 0 unspecified atom stereocenters. The number of hydrogen-bond acceptors (Lipinski definition) is 5. The lowest BCUT2D eigenvalue weighted by Crippen LogP contribution is -2.21. The van der Waals surface area contributed by atoms with Crippen LogP contribution in [0.25, 0.3) is 0 Å². The quantitative estimate of drug-likeness (QED) is 0.293. The van der Waals surface area contributed by atoms with E-state index in [1.54, 1.807) is 24.3 Å². The molecule has 6 nitrogen and oxygen atoms in total. The minimum absolute atomic E-state index is 0.0221. The lowest BCUT2D eigenvalue weighted by atomic mass is 10.1. The van der Waals surface area contributed by atoms with Crippen molar-refractivity contribution in [2.75, 3.05) is 18.5 Å². The summed E-state index contributed by atoms with van der Waals surface area (Å²) in [5, 5.41) is 2.70. The van der Waals surface area contributed by atoms with Gasteiger partial charge in [0.1, 0.15) is 5.75 Å². The predicted octanol–water partition coefficient (Wildman–Crippen LogP) is 5.02. The molecule has 166 valence electrons. The number of carbonyl (C=O) groups is 3. The van der Waals surface area contributed by atoms with E-state index >= 15 is 0 Å². The Labute approximate surface area is 183 Å². The molecule has 2 aromatic rings. The molecule has 0 aromatic heterocycles. The molecule has 0 saturated carbocycles. The van der Waals surface area contributed by atoms with Gasteiger partial charge in [-0.15, -0.1) is 0 Å². The SMILES string of the molecule is CCCCCOc1ccc(C(=O)CCC(=O)OCC(=O)Nc2cc(C)cc(C)c2)cc1. The molecule has 0 fully saturated rings. The van der Waals surface area contributed by atoms with Gasteiger partial charge in [-0.1, -0.05) is 25.8 Å². The maximum Gasteiger partial charge on any atom is 0.306 e. The number of aryl methyl sites for hydroxylation is 2. The van der Waals surface area contributed by atoms with Crippen molar-refractivity contribution in [3.8, 4) is 5.75 Å². The molecule has 0 aliphatic rings. The van der Waals surface area contributed by atoms with Crippen LogP contribution in [0.5, 0.6) is 5.75 Å². The maximum atomic E-state index is 12.3. The van der Waals surface area contributed by atoms with Crippen molar-refractivity contribution in [2.24, 2.45) is 0 Å². The Bertz CT molecular complexity index is 869. The first-order chi connectivity index (χ1) is 14.9. The third kappa shape index (κ3) is 9.03. The van der Waals surface area contributed by atoms with Gasteiger partial charge in [0.15, 0.2) is 12.4 Å². The predicted molar refractivity (Wildman–Crippen MR) is 121 cm³/mol. The number of anilines is 1. The van der Waals surface area contributed by atoms with Crippen molar-refractivity contribution < 1.29 is 23.9 Å². The number of amides is 1. The lowest BCUT2D eigenvalue weighted by molar-refractivity contribution is -0.147.